The van der Waals surface area contributed by atoms with Crippen LogP contribution in [0.5, 0.6) is 5.75 Å². The predicted octanol–water partition coefficient (Wildman–Crippen LogP) is 2.75. The molecule has 0 radical (unpaired) electrons. The van der Waals surface area contributed by atoms with E-state index in [4.69, 9.17) is 0 Å². The lowest BCUT2D eigenvalue weighted by atomic mass is 10.1. The quantitative estimate of drug-likeness (QED) is 0.690. The van der Waals surface area contributed by atoms with E-state index in [2.05, 4.69) is 32.8 Å². The van der Waals surface area contributed by atoms with Crippen molar-refractivity contribution in [3.8, 4) is 5.75 Å². The fourth-order valence-electron chi connectivity index (χ4n) is 1.62. The topological polar surface area (TPSA) is 78.4 Å². The molecule has 22 heavy (non-hydrogen) atoms. The number of rotatable bonds is 5. The molecule has 0 amide bonds. The number of sulfonamides is 1. The van der Waals surface area contributed by atoms with Gasteiger partial charge in [-0.1, -0.05) is 22.5 Å². The molecule has 0 aliphatic rings. The number of benzene rings is 2. The zero-order chi connectivity index (χ0) is 16.3. The van der Waals surface area contributed by atoms with Gasteiger partial charge < -0.3 is 10.5 Å². The van der Waals surface area contributed by atoms with Crippen LogP contribution in [0.1, 0.15) is 5.56 Å². The molecule has 0 atom stereocenters. The van der Waals surface area contributed by atoms with E-state index >= 15 is 0 Å². The second kappa shape index (κ2) is 6.47. The first-order valence-electron chi connectivity index (χ1n) is 6.01. The molecule has 0 aliphatic heterocycles. The second-order valence-electron chi connectivity index (χ2n) is 4.32. The highest BCUT2D eigenvalue weighted by Crippen LogP contribution is 2.23. The summed E-state index contributed by atoms with van der Waals surface area (Å²) in [6.07, 6.45) is 0. The Hall–Kier alpha value is -1.90. The number of phenolic OH excluding ortho intramolecular Hbond substituents is 1. The van der Waals surface area contributed by atoms with Crippen LogP contribution in [0.4, 0.5) is 4.39 Å². The Bertz CT molecular complexity index is 807. The Morgan fingerprint density at radius 1 is 1.18 bits per heavy atom. The van der Waals surface area contributed by atoms with Gasteiger partial charge in [0.2, 0.25) is 0 Å². The van der Waals surface area contributed by atoms with Gasteiger partial charge in [-0.25, -0.2) is 12.8 Å². The maximum Gasteiger partial charge on any atom is 0.257 e. The Morgan fingerprint density at radius 2 is 1.82 bits per heavy atom. The molecule has 8 heteroatoms. The van der Waals surface area contributed by atoms with Crippen LogP contribution in [-0.2, 0) is 10.0 Å². The van der Waals surface area contributed by atoms with Crippen molar-refractivity contribution >= 4 is 31.7 Å². The van der Waals surface area contributed by atoms with Gasteiger partial charge in [0.05, 0.1) is 10.6 Å². The van der Waals surface area contributed by atoms with Crippen LogP contribution in [0, 0.1) is 5.82 Å². The van der Waals surface area contributed by atoms with Crippen molar-refractivity contribution in [3.63, 3.8) is 0 Å². The number of hydrazine groups is 1. The average Bonchev–Trinajstić information content (AvgIpc) is 2.48. The lowest BCUT2D eigenvalue weighted by Gasteiger charge is -2.13. The lowest BCUT2D eigenvalue weighted by molar-refractivity contribution is 0.470. The van der Waals surface area contributed by atoms with Crippen LogP contribution < -0.4 is 10.3 Å². The van der Waals surface area contributed by atoms with E-state index in [1.54, 1.807) is 12.1 Å². The summed E-state index contributed by atoms with van der Waals surface area (Å²) < 4.78 is 38.0. The molecule has 3 N–H and O–H groups in total. The van der Waals surface area contributed by atoms with Crippen LogP contribution in [0.15, 0.2) is 58.4 Å². The molecule has 5 nitrogen and oxygen atoms in total. The van der Waals surface area contributed by atoms with Crippen LogP contribution in [-0.4, -0.2) is 13.5 Å². The molecule has 0 aromatic heterocycles. The van der Waals surface area contributed by atoms with Gasteiger partial charge in [-0.15, -0.1) is 4.83 Å². The zero-order valence-electron chi connectivity index (χ0n) is 11.2. The maximum atomic E-state index is 13.2. The summed E-state index contributed by atoms with van der Waals surface area (Å²) in [5.74, 6) is -0.798. The van der Waals surface area contributed by atoms with E-state index in [1.807, 2.05) is 0 Å². The van der Waals surface area contributed by atoms with Crippen molar-refractivity contribution in [2.45, 2.75) is 4.90 Å². The largest absolute Gasteiger partial charge is 0.507 e. The Labute approximate surface area is 135 Å². The standard InChI is InChI=1S/C14H12BrFN2O3S/c1-9(13-8-11(16)4-7-14(13)19)17-18-22(20,21)12-5-2-10(15)3-6-12/h2-8,17-19H,1H2. The van der Waals surface area contributed by atoms with Crippen molar-refractivity contribution < 1.29 is 17.9 Å². The average molecular weight is 387 g/mol. The molecule has 0 saturated heterocycles. The van der Waals surface area contributed by atoms with E-state index in [9.17, 15) is 17.9 Å². The smallest absolute Gasteiger partial charge is 0.257 e. The highest BCUT2D eigenvalue weighted by atomic mass is 79.9. The zero-order valence-corrected chi connectivity index (χ0v) is 13.6. The lowest BCUT2D eigenvalue weighted by Crippen LogP contribution is -2.35. The van der Waals surface area contributed by atoms with Crippen LogP contribution in [0.25, 0.3) is 5.70 Å². The van der Waals surface area contributed by atoms with E-state index in [0.29, 0.717) is 0 Å². The Morgan fingerprint density at radius 3 is 2.45 bits per heavy atom. The van der Waals surface area contributed by atoms with Gasteiger partial charge in [0.15, 0.2) is 0 Å². The summed E-state index contributed by atoms with van der Waals surface area (Å²) in [5, 5.41) is 9.63. The monoisotopic (exact) mass is 386 g/mol. The van der Waals surface area contributed by atoms with Gasteiger partial charge in [0, 0.05) is 10.0 Å². The SMILES string of the molecule is C=C(NNS(=O)(=O)c1ccc(Br)cc1)c1cc(F)ccc1O. The first-order chi connectivity index (χ1) is 10.3. The predicted molar refractivity (Wildman–Crippen MR) is 84.7 cm³/mol. The number of hydrogen-bond donors (Lipinski definition) is 3. The van der Waals surface area contributed by atoms with Crippen molar-refractivity contribution in [2.24, 2.45) is 0 Å². The summed E-state index contributed by atoms with van der Waals surface area (Å²) in [5.41, 5.74) is 2.42. The third kappa shape index (κ3) is 3.85. The minimum atomic E-state index is -3.82. The summed E-state index contributed by atoms with van der Waals surface area (Å²) in [4.78, 5) is 2.15. The molecule has 2 rings (SSSR count). The first-order valence-corrected chi connectivity index (χ1v) is 8.28. The molecular weight excluding hydrogens is 375 g/mol. The number of halogens is 2. The van der Waals surface area contributed by atoms with Gasteiger partial charge >= 0.3 is 0 Å². The van der Waals surface area contributed by atoms with Crippen LogP contribution in [0.2, 0.25) is 0 Å². The highest BCUT2D eigenvalue weighted by molar-refractivity contribution is 9.10. The van der Waals surface area contributed by atoms with Crippen LogP contribution in [0.3, 0.4) is 0 Å². The minimum Gasteiger partial charge on any atom is -0.507 e. The molecular formula is C14H12BrFN2O3S. The number of phenols is 1. The molecule has 0 spiro atoms. The van der Waals surface area contributed by atoms with Gasteiger partial charge in [-0.3, -0.25) is 0 Å². The third-order valence-corrected chi connectivity index (χ3v) is 4.54. The van der Waals surface area contributed by atoms with E-state index in [-0.39, 0.29) is 21.9 Å². The molecule has 0 aliphatic carbocycles. The summed E-state index contributed by atoms with van der Waals surface area (Å²) >= 11 is 3.21. The highest BCUT2D eigenvalue weighted by Gasteiger charge is 2.15. The summed E-state index contributed by atoms with van der Waals surface area (Å²) in [6, 6.07) is 9.27. The molecule has 0 saturated carbocycles. The number of nitrogens with one attached hydrogen (secondary N) is 2. The Kier molecular flexibility index (Phi) is 4.84. The second-order valence-corrected chi connectivity index (χ2v) is 6.92. The molecule has 116 valence electrons. The van der Waals surface area contributed by atoms with Crippen molar-refractivity contribution in [1.82, 2.24) is 10.3 Å². The number of hydrogen-bond acceptors (Lipinski definition) is 4. The first kappa shape index (κ1) is 16.5. The van der Waals surface area contributed by atoms with E-state index in [0.717, 1.165) is 22.7 Å². The molecule has 2 aromatic carbocycles. The van der Waals surface area contributed by atoms with Gasteiger partial charge in [-0.2, -0.15) is 0 Å². The molecule has 0 bridgehead atoms. The molecule has 0 fully saturated rings. The normalized spacial score (nSPS) is 11.2. The van der Waals surface area contributed by atoms with Crippen molar-refractivity contribution in [3.05, 3.63) is 64.9 Å². The number of aromatic hydroxyl groups is 1. The molecule has 2 aromatic rings. The van der Waals surface area contributed by atoms with E-state index in [1.165, 1.54) is 12.1 Å². The Balaban J connectivity index is 2.13. The van der Waals surface area contributed by atoms with E-state index < -0.39 is 15.8 Å². The van der Waals surface area contributed by atoms with Crippen LogP contribution >= 0.6 is 15.9 Å². The minimum absolute atomic E-state index is 0.0117. The fraction of sp³-hybridized carbons (Fsp3) is 0. The summed E-state index contributed by atoms with van der Waals surface area (Å²) in [7, 11) is -3.82. The van der Waals surface area contributed by atoms with Gasteiger partial charge in [-0.05, 0) is 42.5 Å². The third-order valence-electron chi connectivity index (χ3n) is 2.74. The molecule has 0 unspecified atom stereocenters. The maximum absolute atomic E-state index is 13.2. The van der Waals surface area contributed by atoms with Crippen molar-refractivity contribution in [1.29, 1.82) is 0 Å². The van der Waals surface area contributed by atoms with Gasteiger partial charge in [0.1, 0.15) is 11.6 Å². The summed E-state index contributed by atoms with van der Waals surface area (Å²) in [6.45, 7) is 3.57. The molecule has 0 heterocycles. The van der Waals surface area contributed by atoms with Gasteiger partial charge in [0.25, 0.3) is 10.0 Å². The van der Waals surface area contributed by atoms with Crippen molar-refractivity contribution in [2.75, 3.05) is 0 Å². The fourth-order valence-corrected chi connectivity index (χ4v) is 2.75.